The van der Waals surface area contributed by atoms with Crippen molar-refractivity contribution in [3.8, 4) is 0 Å². The lowest BCUT2D eigenvalue weighted by Crippen LogP contribution is -2.31. The quantitative estimate of drug-likeness (QED) is 0.804. The van der Waals surface area contributed by atoms with E-state index in [1.165, 1.54) is 0 Å². The Hall–Kier alpha value is -0.860. The number of nitrogens with two attached hydrogens (primary N) is 1. The first-order chi connectivity index (χ1) is 8.93. The molecule has 0 aromatic rings. The molecule has 0 unspecified atom stereocenters. The van der Waals surface area contributed by atoms with E-state index in [2.05, 4.69) is 27.7 Å². The Morgan fingerprint density at radius 3 is 0.900 bits per heavy atom. The minimum absolute atomic E-state index is 0.0278. The van der Waals surface area contributed by atoms with Crippen LogP contribution in [0.4, 0.5) is 0 Å². The molecule has 0 aromatic carbocycles. The first kappa shape index (κ1) is 21.4. The molecule has 0 saturated heterocycles. The monoisotopic (exact) mass is 285 g/mol. The van der Waals surface area contributed by atoms with Crippen LogP contribution in [-0.2, 0) is 9.59 Å². The Morgan fingerprint density at radius 1 is 0.650 bits per heavy atom. The number of carbonyl (C=O) groups excluding carboxylic acids is 2. The van der Waals surface area contributed by atoms with Crippen molar-refractivity contribution in [3.05, 3.63) is 0 Å². The topological polar surface area (TPSA) is 60.2 Å². The van der Waals surface area contributed by atoms with Crippen LogP contribution in [0.2, 0.25) is 0 Å². The van der Waals surface area contributed by atoms with Crippen LogP contribution >= 0.6 is 0 Å². The molecule has 120 valence electrons. The first-order valence-corrected chi connectivity index (χ1v) is 7.73. The molecule has 0 aliphatic rings. The SMILES string of the molecule is CC(=O)C(C(C)C)C(C)C.CC(C)C(C(N)=O)C(C)C. The van der Waals surface area contributed by atoms with Gasteiger partial charge in [-0.15, -0.1) is 0 Å². The lowest BCUT2D eigenvalue weighted by molar-refractivity contribution is -0.125. The highest BCUT2D eigenvalue weighted by Gasteiger charge is 2.22. The van der Waals surface area contributed by atoms with Crippen molar-refractivity contribution >= 4 is 11.7 Å². The minimum Gasteiger partial charge on any atom is -0.369 e. The fourth-order valence-corrected chi connectivity index (χ4v) is 3.14. The molecule has 3 nitrogen and oxygen atoms in total. The summed E-state index contributed by atoms with van der Waals surface area (Å²) < 4.78 is 0. The van der Waals surface area contributed by atoms with Crippen molar-refractivity contribution in [3.63, 3.8) is 0 Å². The van der Waals surface area contributed by atoms with Gasteiger partial charge in [0.1, 0.15) is 5.78 Å². The Labute approximate surface area is 125 Å². The van der Waals surface area contributed by atoms with Crippen LogP contribution in [0.5, 0.6) is 0 Å². The summed E-state index contributed by atoms with van der Waals surface area (Å²) in [5.74, 6) is 2.11. The zero-order valence-corrected chi connectivity index (χ0v) is 14.9. The average Bonchev–Trinajstić information content (AvgIpc) is 2.12. The molecular weight excluding hydrogens is 250 g/mol. The van der Waals surface area contributed by atoms with Gasteiger partial charge in [0.15, 0.2) is 0 Å². The third-order valence-electron chi connectivity index (χ3n) is 3.67. The van der Waals surface area contributed by atoms with Crippen molar-refractivity contribution in [1.29, 1.82) is 0 Å². The van der Waals surface area contributed by atoms with Crippen LogP contribution in [0.15, 0.2) is 0 Å². The van der Waals surface area contributed by atoms with E-state index in [1.54, 1.807) is 6.92 Å². The summed E-state index contributed by atoms with van der Waals surface area (Å²) in [5, 5.41) is 0. The van der Waals surface area contributed by atoms with Gasteiger partial charge in [0, 0.05) is 11.8 Å². The second-order valence-corrected chi connectivity index (χ2v) is 7.04. The molecule has 0 aliphatic heterocycles. The van der Waals surface area contributed by atoms with Gasteiger partial charge in [-0.25, -0.2) is 0 Å². The van der Waals surface area contributed by atoms with Crippen molar-refractivity contribution < 1.29 is 9.59 Å². The van der Waals surface area contributed by atoms with Gasteiger partial charge in [0.2, 0.25) is 5.91 Å². The van der Waals surface area contributed by atoms with Crippen LogP contribution in [0.25, 0.3) is 0 Å². The molecule has 0 fully saturated rings. The van der Waals surface area contributed by atoms with Crippen LogP contribution in [0.1, 0.15) is 62.3 Å². The summed E-state index contributed by atoms with van der Waals surface area (Å²) in [6.07, 6.45) is 0. The van der Waals surface area contributed by atoms with E-state index in [-0.39, 0.29) is 17.7 Å². The van der Waals surface area contributed by atoms with E-state index >= 15 is 0 Å². The molecule has 0 bridgehead atoms. The molecule has 0 atom stereocenters. The number of rotatable bonds is 6. The molecule has 1 amide bonds. The minimum atomic E-state index is -0.176. The van der Waals surface area contributed by atoms with Gasteiger partial charge in [-0.1, -0.05) is 55.4 Å². The molecule has 20 heavy (non-hydrogen) atoms. The van der Waals surface area contributed by atoms with Crippen molar-refractivity contribution in [2.24, 2.45) is 41.2 Å². The van der Waals surface area contributed by atoms with Gasteiger partial charge in [-0.05, 0) is 30.6 Å². The maximum atomic E-state index is 11.0. The highest BCUT2D eigenvalue weighted by molar-refractivity contribution is 5.78. The summed E-state index contributed by atoms with van der Waals surface area (Å²) in [6.45, 7) is 18.2. The Bertz CT molecular complexity index is 247. The maximum Gasteiger partial charge on any atom is 0.221 e. The first-order valence-electron chi connectivity index (χ1n) is 7.73. The van der Waals surface area contributed by atoms with Crippen LogP contribution in [0, 0.1) is 35.5 Å². The van der Waals surface area contributed by atoms with Crippen molar-refractivity contribution in [2.75, 3.05) is 0 Å². The smallest absolute Gasteiger partial charge is 0.221 e. The molecule has 2 N–H and O–H groups in total. The lowest BCUT2D eigenvalue weighted by atomic mass is 9.83. The van der Waals surface area contributed by atoms with Gasteiger partial charge < -0.3 is 5.73 Å². The standard InChI is InChI=1S/C9H18O.C8H17NO/c1-6(2)9(7(3)4)8(5)10;1-5(2)7(6(3)4)8(9)10/h6-7,9H,1-5H3;5-7H,1-4H3,(H2,9,10). The Morgan fingerprint density at radius 2 is 0.900 bits per heavy atom. The molecule has 0 aromatic heterocycles. The third-order valence-corrected chi connectivity index (χ3v) is 3.67. The number of Topliss-reactive ketones (excluding diaryl/α,β-unsaturated/α-hetero) is 1. The average molecular weight is 285 g/mol. The molecule has 0 aliphatic carbocycles. The predicted molar refractivity (Wildman–Crippen MR) is 86.2 cm³/mol. The summed E-state index contributed by atoms with van der Waals surface area (Å²) in [6, 6.07) is 0. The number of ketones is 1. The summed E-state index contributed by atoms with van der Waals surface area (Å²) in [7, 11) is 0. The molecule has 3 heteroatoms. The normalized spacial score (nSPS) is 11.6. The van der Waals surface area contributed by atoms with E-state index in [0.29, 0.717) is 29.5 Å². The largest absolute Gasteiger partial charge is 0.369 e. The Kier molecular flexibility index (Phi) is 10.7. The predicted octanol–water partition coefficient (Wildman–Crippen LogP) is 3.90. The van der Waals surface area contributed by atoms with Gasteiger partial charge in [-0.2, -0.15) is 0 Å². The van der Waals surface area contributed by atoms with Gasteiger partial charge in [-0.3, -0.25) is 9.59 Å². The summed E-state index contributed by atoms with van der Waals surface area (Å²) in [4.78, 5) is 21.8. The number of hydrogen-bond donors (Lipinski definition) is 1. The number of amides is 1. The van der Waals surface area contributed by atoms with Gasteiger partial charge in [0.25, 0.3) is 0 Å². The third kappa shape index (κ3) is 8.34. The van der Waals surface area contributed by atoms with Crippen molar-refractivity contribution in [2.45, 2.75) is 62.3 Å². The lowest BCUT2D eigenvalue weighted by Gasteiger charge is -2.21. The zero-order valence-electron chi connectivity index (χ0n) is 14.9. The molecule has 0 saturated carbocycles. The summed E-state index contributed by atoms with van der Waals surface area (Å²) >= 11 is 0. The van der Waals surface area contributed by atoms with Crippen LogP contribution < -0.4 is 5.73 Å². The zero-order chi connectivity index (χ0) is 16.6. The second kappa shape index (κ2) is 9.95. The fourth-order valence-electron chi connectivity index (χ4n) is 3.14. The fraction of sp³-hybridized carbons (Fsp3) is 0.882. The van der Waals surface area contributed by atoms with Gasteiger partial charge in [0.05, 0.1) is 0 Å². The van der Waals surface area contributed by atoms with Gasteiger partial charge >= 0.3 is 0 Å². The maximum absolute atomic E-state index is 11.0. The van der Waals surface area contributed by atoms with E-state index in [0.717, 1.165) is 0 Å². The summed E-state index contributed by atoms with van der Waals surface area (Å²) in [5.41, 5.74) is 5.20. The molecular formula is C17H35NO2. The van der Waals surface area contributed by atoms with Crippen LogP contribution in [-0.4, -0.2) is 11.7 Å². The second-order valence-electron chi connectivity index (χ2n) is 7.04. The van der Waals surface area contributed by atoms with Crippen molar-refractivity contribution in [1.82, 2.24) is 0 Å². The number of carbonyl (C=O) groups is 2. The van der Waals surface area contributed by atoms with E-state index in [4.69, 9.17) is 5.73 Å². The highest BCUT2D eigenvalue weighted by atomic mass is 16.1. The number of primary amides is 1. The molecule has 0 rings (SSSR count). The molecule has 0 spiro atoms. The number of hydrogen-bond acceptors (Lipinski definition) is 2. The molecule has 0 radical (unpaired) electrons. The van der Waals surface area contributed by atoms with E-state index in [9.17, 15) is 9.59 Å². The Balaban J connectivity index is 0. The van der Waals surface area contributed by atoms with Crippen LogP contribution in [0.3, 0.4) is 0 Å². The van der Waals surface area contributed by atoms with E-state index < -0.39 is 0 Å². The molecule has 0 heterocycles. The highest BCUT2D eigenvalue weighted by Crippen LogP contribution is 2.21. The van der Waals surface area contributed by atoms with E-state index in [1.807, 2.05) is 27.7 Å².